The van der Waals surface area contributed by atoms with Crippen LogP contribution in [0.3, 0.4) is 0 Å². The molecule has 5 heteroatoms. The molecule has 0 spiro atoms. The molecule has 5 rings (SSSR count). The minimum Gasteiger partial charge on any atom is -0.368 e. The second-order valence-electron chi connectivity index (χ2n) is 7.42. The van der Waals surface area contributed by atoms with E-state index in [0.717, 1.165) is 48.3 Å². The van der Waals surface area contributed by atoms with Gasteiger partial charge in [0.2, 0.25) is 0 Å². The molecule has 3 aromatic rings. The maximum Gasteiger partial charge on any atom is 0.254 e. The van der Waals surface area contributed by atoms with Gasteiger partial charge in [0.1, 0.15) is 0 Å². The Bertz CT molecular complexity index is 976. The number of nitrogens with zero attached hydrogens (tertiary/aromatic N) is 3. The molecule has 136 valence electrons. The van der Waals surface area contributed by atoms with Gasteiger partial charge >= 0.3 is 0 Å². The summed E-state index contributed by atoms with van der Waals surface area (Å²) in [5.74, 6) is 0.671. The Labute approximate surface area is 158 Å². The molecule has 1 aliphatic carbocycles. The SMILES string of the molecule is O=C(c1cc(C2CC2)nc2ccccc12)N1CCN(c2cc[nH+]cc2)CC1. The van der Waals surface area contributed by atoms with Gasteiger partial charge in [0.25, 0.3) is 5.91 Å². The molecule has 1 aliphatic heterocycles. The quantitative estimate of drug-likeness (QED) is 0.722. The number of aromatic nitrogens is 2. The first-order valence-corrected chi connectivity index (χ1v) is 9.69. The number of fused-ring (bicyclic) bond motifs is 1. The van der Waals surface area contributed by atoms with Crippen molar-refractivity contribution in [2.45, 2.75) is 18.8 Å². The van der Waals surface area contributed by atoms with Gasteiger partial charge in [-0.3, -0.25) is 9.78 Å². The van der Waals surface area contributed by atoms with Crippen molar-refractivity contribution >= 4 is 22.5 Å². The van der Waals surface area contributed by atoms with E-state index >= 15 is 0 Å². The van der Waals surface area contributed by atoms with Gasteiger partial charge in [-0.1, -0.05) is 18.2 Å². The summed E-state index contributed by atoms with van der Waals surface area (Å²) >= 11 is 0. The lowest BCUT2D eigenvalue weighted by Gasteiger charge is -2.36. The Balaban J connectivity index is 1.40. The highest BCUT2D eigenvalue weighted by molar-refractivity contribution is 6.06. The van der Waals surface area contributed by atoms with Crippen LogP contribution in [0.2, 0.25) is 0 Å². The van der Waals surface area contributed by atoms with Crippen LogP contribution in [-0.4, -0.2) is 42.0 Å². The van der Waals surface area contributed by atoms with E-state index in [1.807, 2.05) is 47.6 Å². The predicted octanol–water partition coefficient (Wildman–Crippen LogP) is 2.89. The maximum absolute atomic E-state index is 13.3. The molecule has 27 heavy (non-hydrogen) atoms. The molecule has 0 atom stereocenters. The summed E-state index contributed by atoms with van der Waals surface area (Å²) in [6.45, 7) is 3.20. The number of carbonyl (C=O) groups excluding carboxylic acids is 1. The summed E-state index contributed by atoms with van der Waals surface area (Å²) in [6.07, 6.45) is 6.25. The summed E-state index contributed by atoms with van der Waals surface area (Å²) in [6, 6.07) is 14.2. The maximum atomic E-state index is 13.3. The monoisotopic (exact) mass is 359 g/mol. The normalized spacial score (nSPS) is 17.3. The highest BCUT2D eigenvalue weighted by Gasteiger charge is 2.29. The van der Waals surface area contributed by atoms with Crippen molar-refractivity contribution in [3.63, 3.8) is 0 Å². The van der Waals surface area contributed by atoms with Crippen LogP contribution in [0.1, 0.15) is 34.8 Å². The van der Waals surface area contributed by atoms with Crippen LogP contribution in [0.25, 0.3) is 10.9 Å². The van der Waals surface area contributed by atoms with Crippen molar-refractivity contribution in [2.75, 3.05) is 31.1 Å². The molecule has 1 saturated heterocycles. The van der Waals surface area contributed by atoms with Crippen molar-refractivity contribution in [1.29, 1.82) is 0 Å². The summed E-state index contributed by atoms with van der Waals surface area (Å²) in [7, 11) is 0. The fourth-order valence-electron chi connectivity index (χ4n) is 3.89. The number of piperazine rings is 1. The van der Waals surface area contributed by atoms with Gasteiger partial charge in [-0.25, -0.2) is 4.98 Å². The third kappa shape index (κ3) is 3.14. The van der Waals surface area contributed by atoms with Crippen LogP contribution in [-0.2, 0) is 0 Å². The van der Waals surface area contributed by atoms with Gasteiger partial charge < -0.3 is 9.80 Å². The number of anilines is 1. The predicted molar refractivity (Wildman–Crippen MR) is 105 cm³/mol. The summed E-state index contributed by atoms with van der Waals surface area (Å²) in [5.41, 5.74) is 4.03. The Morgan fingerprint density at radius 2 is 1.74 bits per heavy atom. The number of para-hydroxylation sites is 1. The lowest BCUT2D eigenvalue weighted by atomic mass is 10.0. The minimum atomic E-state index is 0.136. The number of nitrogens with one attached hydrogen (secondary N) is 1. The Morgan fingerprint density at radius 3 is 2.48 bits per heavy atom. The van der Waals surface area contributed by atoms with E-state index in [9.17, 15) is 4.79 Å². The van der Waals surface area contributed by atoms with Gasteiger partial charge in [-0.15, -0.1) is 0 Å². The summed E-state index contributed by atoms with van der Waals surface area (Å²) in [5, 5.41) is 0.966. The number of pyridine rings is 2. The van der Waals surface area contributed by atoms with E-state index in [0.29, 0.717) is 5.92 Å². The largest absolute Gasteiger partial charge is 0.368 e. The Hall–Kier alpha value is -2.95. The minimum absolute atomic E-state index is 0.136. The molecule has 1 N–H and O–H groups in total. The van der Waals surface area contributed by atoms with Crippen LogP contribution in [0.15, 0.2) is 54.9 Å². The average Bonchev–Trinajstić information content (AvgIpc) is 3.59. The molecular formula is C22H23N4O+. The first-order chi connectivity index (χ1) is 13.3. The number of H-pyrrole nitrogens is 1. The number of hydrogen-bond acceptors (Lipinski definition) is 3. The third-order valence-electron chi connectivity index (χ3n) is 5.59. The molecule has 0 radical (unpaired) electrons. The topological polar surface area (TPSA) is 50.6 Å². The number of hydrogen-bond donors (Lipinski definition) is 0. The number of rotatable bonds is 3. The first kappa shape index (κ1) is 16.2. The zero-order chi connectivity index (χ0) is 18.2. The first-order valence-electron chi connectivity index (χ1n) is 9.69. The average molecular weight is 359 g/mol. The van der Waals surface area contributed by atoms with E-state index in [1.54, 1.807) is 0 Å². The molecule has 2 aliphatic rings. The van der Waals surface area contributed by atoms with Crippen molar-refractivity contribution in [1.82, 2.24) is 9.88 Å². The number of amides is 1. The number of carbonyl (C=O) groups is 1. The Morgan fingerprint density at radius 1 is 1.00 bits per heavy atom. The molecule has 0 bridgehead atoms. The molecule has 3 heterocycles. The molecule has 2 fully saturated rings. The standard InChI is InChI=1S/C22H22N4O/c27-22(26-13-11-25(12-14-26)17-7-9-23-10-8-17)19-15-21(16-5-6-16)24-20-4-2-1-3-18(19)20/h1-4,7-10,15-16H,5-6,11-14H2/p+1. The third-order valence-corrected chi connectivity index (χ3v) is 5.59. The van der Waals surface area contributed by atoms with E-state index < -0.39 is 0 Å². The van der Waals surface area contributed by atoms with Crippen molar-refractivity contribution in [3.8, 4) is 0 Å². The molecule has 5 nitrogen and oxygen atoms in total. The number of benzene rings is 1. The lowest BCUT2D eigenvalue weighted by Crippen LogP contribution is -2.48. The van der Waals surface area contributed by atoms with E-state index in [4.69, 9.17) is 4.98 Å². The van der Waals surface area contributed by atoms with Crippen LogP contribution in [0.4, 0.5) is 5.69 Å². The number of aromatic amines is 1. The fraction of sp³-hybridized carbons (Fsp3) is 0.318. The van der Waals surface area contributed by atoms with Gasteiger partial charge in [0, 0.05) is 61.0 Å². The van der Waals surface area contributed by atoms with E-state index in [-0.39, 0.29) is 5.91 Å². The molecule has 0 unspecified atom stereocenters. The summed E-state index contributed by atoms with van der Waals surface area (Å²) in [4.78, 5) is 25.5. The van der Waals surface area contributed by atoms with E-state index in [2.05, 4.69) is 22.0 Å². The van der Waals surface area contributed by atoms with Crippen LogP contribution in [0.5, 0.6) is 0 Å². The van der Waals surface area contributed by atoms with Gasteiger partial charge in [-0.2, -0.15) is 0 Å². The van der Waals surface area contributed by atoms with Gasteiger partial charge in [0.05, 0.1) is 11.1 Å². The van der Waals surface area contributed by atoms with Gasteiger partial charge in [-0.05, 0) is 25.0 Å². The molecule has 1 saturated carbocycles. The lowest BCUT2D eigenvalue weighted by molar-refractivity contribution is -0.377. The molecular weight excluding hydrogens is 336 g/mol. The molecule has 2 aromatic heterocycles. The zero-order valence-electron chi connectivity index (χ0n) is 15.3. The van der Waals surface area contributed by atoms with Crippen LogP contribution < -0.4 is 9.88 Å². The van der Waals surface area contributed by atoms with Crippen LogP contribution in [0, 0.1) is 0 Å². The second-order valence-corrected chi connectivity index (χ2v) is 7.42. The second kappa shape index (κ2) is 6.65. The van der Waals surface area contributed by atoms with E-state index in [1.165, 1.54) is 18.5 Å². The fourth-order valence-corrected chi connectivity index (χ4v) is 3.89. The zero-order valence-corrected chi connectivity index (χ0v) is 15.3. The summed E-state index contributed by atoms with van der Waals surface area (Å²) < 4.78 is 0. The Kier molecular flexibility index (Phi) is 4.00. The molecule has 1 amide bonds. The highest BCUT2D eigenvalue weighted by atomic mass is 16.2. The highest BCUT2D eigenvalue weighted by Crippen LogP contribution is 2.40. The van der Waals surface area contributed by atoms with Crippen molar-refractivity contribution in [2.24, 2.45) is 0 Å². The van der Waals surface area contributed by atoms with Crippen LogP contribution >= 0.6 is 0 Å². The van der Waals surface area contributed by atoms with Crippen molar-refractivity contribution < 1.29 is 9.78 Å². The van der Waals surface area contributed by atoms with Gasteiger partial charge in [0.15, 0.2) is 12.4 Å². The molecule has 1 aromatic carbocycles. The smallest absolute Gasteiger partial charge is 0.254 e. The van der Waals surface area contributed by atoms with Crippen molar-refractivity contribution in [3.05, 3.63) is 66.1 Å².